The van der Waals surface area contributed by atoms with Gasteiger partial charge in [0.15, 0.2) is 0 Å². The van der Waals surface area contributed by atoms with Crippen LogP contribution in [0.4, 0.5) is 4.79 Å². The van der Waals surface area contributed by atoms with Crippen LogP contribution < -0.4 is 5.73 Å². The van der Waals surface area contributed by atoms with Gasteiger partial charge in [-0.2, -0.15) is 0 Å². The van der Waals surface area contributed by atoms with Crippen LogP contribution in [0.25, 0.3) is 0 Å². The van der Waals surface area contributed by atoms with Gasteiger partial charge in [0, 0.05) is 26.2 Å². The molecule has 1 aliphatic rings. The SMILES string of the molecule is CC(C)[C@@H](N)C(=O)N1CCN(C(=O)OC(C)(C)C)CC1. The van der Waals surface area contributed by atoms with E-state index in [4.69, 9.17) is 10.5 Å². The molecule has 2 N–H and O–H groups in total. The molecule has 1 heterocycles. The quantitative estimate of drug-likeness (QED) is 0.823. The Balaban J connectivity index is 2.48. The van der Waals surface area contributed by atoms with E-state index in [1.165, 1.54) is 0 Å². The Kier molecular flexibility index (Phi) is 5.39. The Hall–Kier alpha value is -1.30. The minimum Gasteiger partial charge on any atom is -0.444 e. The fourth-order valence-corrected chi connectivity index (χ4v) is 1.93. The van der Waals surface area contributed by atoms with Crippen molar-refractivity contribution in [3.63, 3.8) is 0 Å². The standard InChI is InChI=1S/C14H27N3O3/c1-10(2)11(15)12(18)16-6-8-17(9-7-16)13(19)20-14(3,4)5/h10-11H,6-9,15H2,1-5H3/t11-/m1/s1. The summed E-state index contributed by atoms with van der Waals surface area (Å²) < 4.78 is 5.32. The number of piperazine rings is 1. The highest BCUT2D eigenvalue weighted by Gasteiger charge is 2.30. The first kappa shape index (κ1) is 16.8. The van der Waals surface area contributed by atoms with Crippen molar-refractivity contribution in [2.75, 3.05) is 26.2 Å². The second kappa shape index (κ2) is 6.43. The highest BCUT2D eigenvalue weighted by molar-refractivity contribution is 5.82. The maximum absolute atomic E-state index is 12.1. The fraction of sp³-hybridized carbons (Fsp3) is 0.857. The largest absolute Gasteiger partial charge is 0.444 e. The molecule has 0 saturated carbocycles. The number of nitrogens with zero attached hydrogens (tertiary/aromatic N) is 2. The van der Waals surface area contributed by atoms with Gasteiger partial charge in [-0.3, -0.25) is 4.79 Å². The van der Waals surface area contributed by atoms with Gasteiger partial charge >= 0.3 is 6.09 Å². The summed E-state index contributed by atoms with van der Waals surface area (Å²) in [5, 5.41) is 0. The summed E-state index contributed by atoms with van der Waals surface area (Å²) in [6.45, 7) is 11.4. The van der Waals surface area contributed by atoms with Crippen molar-refractivity contribution in [1.82, 2.24) is 9.80 Å². The molecule has 0 radical (unpaired) electrons. The molecular weight excluding hydrogens is 258 g/mol. The van der Waals surface area contributed by atoms with Crippen molar-refractivity contribution >= 4 is 12.0 Å². The summed E-state index contributed by atoms with van der Waals surface area (Å²) in [5.41, 5.74) is 5.38. The predicted molar refractivity (Wildman–Crippen MR) is 77.2 cm³/mol. The monoisotopic (exact) mass is 285 g/mol. The van der Waals surface area contributed by atoms with Crippen LogP contribution in [0.5, 0.6) is 0 Å². The molecule has 0 spiro atoms. The molecule has 0 aromatic carbocycles. The van der Waals surface area contributed by atoms with Crippen molar-refractivity contribution in [2.24, 2.45) is 11.7 Å². The average Bonchev–Trinajstić information content (AvgIpc) is 2.35. The molecular formula is C14H27N3O3. The predicted octanol–water partition coefficient (Wildman–Crippen LogP) is 1.05. The van der Waals surface area contributed by atoms with Crippen molar-refractivity contribution in [3.05, 3.63) is 0 Å². The maximum Gasteiger partial charge on any atom is 0.410 e. The highest BCUT2D eigenvalue weighted by Crippen LogP contribution is 2.13. The first-order chi connectivity index (χ1) is 9.11. The Morgan fingerprint density at radius 2 is 1.50 bits per heavy atom. The van der Waals surface area contributed by atoms with Crippen LogP contribution in [-0.2, 0) is 9.53 Å². The number of amides is 2. The van der Waals surface area contributed by atoms with E-state index in [0.29, 0.717) is 26.2 Å². The van der Waals surface area contributed by atoms with Crippen LogP contribution >= 0.6 is 0 Å². The second-order valence-corrected chi connectivity index (χ2v) is 6.56. The van der Waals surface area contributed by atoms with Crippen LogP contribution in [-0.4, -0.2) is 59.6 Å². The molecule has 1 saturated heterocycles. The average molecular weight is 285 g/mol. The molecule has 0 bridgehead atoms. The van der Waals surface area contributed by atoms with E-state index in [0.717, 1.165) is 0 Å². The van der Waals surface area contributed by atoms with E-state index in [2.05, 4.69) is 0 Å². The Morgan fingerprint density at radius 3 is 1.90 bits per heavy atom. The number of hydrogen-bond acceptors (Lipinski definition) is 4. The molecule has 0 unspecified atom stereocenters. The van der Waals surface area contributed by atoms with E-state index in [1.807, 2.05) is 34.6 Å². The third kappa shape index (κ3) is 4.67. The van der Waals surface area contributed by atoms with Gasteiger partial charge in [-0.15, -0.1) is 0 Å². The van der Waals surface area contributed by atoms with Crippen LogP contribution in [0, 0.1) is 5.92 Å². The zero-order valence-electron chi connectivity index (χ0n) is 13.2. The molecule has 0 aromatic heterocycles. The lowest BCUT2D eigenvalue weighted by Gasteiger charge is -2.37. The van der Waals surface area contributed by atoms with Crippen LogP contribution in [0.2, 0.25) is 0 Å². The third-order valence-electron chi connectivity index (χ3n) is 3.25. The summed E-state index contributed by atoms with van der Waals surface area (Å²) in [6, 6.07) is -0.469. The summed E-state index contributed by atoms with van der Waals surface area (Å²) in [7, 11) is 0. The lowest BCUT2D eigenvalue weighted by atomic mass is 10.0. The van der Waals surface area contributed by atoms with Crippen molar-refractivity contribution < 1.29 is 14.3 Å². The Labute approximate surface area is 121 Å². The molecule has 116 valence electrons. The van der Waals surface area contributed by atoms with Gasteiger partial charge in [0.25, 0.3) is 0 Å². The second-order valence-electron chi connectivity index (χ2n) is 6.56. The summed E-state index contributed by atoms with van der Waals surface area (Å²) in [4.78, 5) is 27.4. The summed E-state index contributed by atoms with van der Waals surface area (Å²) in [6.07, 6.45) is -0.322. The molecule has 1 fully saturated rings. The van der Waals surface area contributed by atoms with Gasteiger partial charge in [-0.05, 0) is 26.7 Å². The minimum atomic E-state index is -0.496. The molecule has 6 nitrogen and oxygen atoms in total. The number of nitrogens with two attached hydrogens (primary N) is 1. The highest BCUT2D eigenvalue weighted by atomic mass is 16.6. The number of rotatable bonds is 2. The van der Waals surface area contributed by atoms with E-state index in [1.54, 1.807) is 9.80 Å². The Morgan fingerprint density at radius 1 is 1.05 bits per heavy atom. The Bertz CT molecular complexity index is 355. The third-order valence-corrected chi connectivity index (χ3v) is 3.25. The smallest absolute Gasteiger partial charge is 0.410 e. The minimum absolute atomic E-state index is 0.0381. The van der Waals surface area contributed by atoms with Gasteiger partial charge in [0.2, 0.25) is 5.91 Å². The fourth-order valence-electron chi connectivity index (χ4n) is 1.93. The molecule has 2 amide bonds. The van der Waals surface area contributed by atoms with Gasteiger partial charge in [0.1, 0.15) is 5.60 Å². The van der Waals surface area contributed by atoms with Crippen molar-refractivity contribution in [3.8, 4) is 0 Å². The number of ether oxygens (including phenoxy) is 1. The number of hydrogen-bond donors (Lipinski definition) is 1. The first-order valence-corrected chi connectivity index (χ1v) is 7.14. The van der Waals surface area contributed by atoms with Gasteiger partial charge in [-0.25, -0.2) is 4.79 Å². The van der Waals surface area contributed by atoms with Gasteiger partial charge < -0.3 is 20.3 Å². The summed E-state index contributed by atoms with van der Waals surface area (Å²) in [5.74, 6) is 0.0789. The molecule has 0 aliphatic carbocycles. The van der Waals surface area contributed by atoms with Gasteiger partial charge in [-0.1, -0.05) is 13.8 Å². The summed E-state index contributed by atoms with van der Waals surface area (Å²) >= 11 is 0. The van der Waals surface area contributed by atoms with Crippen LogP contribution in [0.15, 0.2) is 0 Å². The normalized spacial score (nSPS) is 18.1. The lowest BCUT2D eigenvalue weighted by Crippen LogP contribution is -2.55. The van der Waals surface area contributed by atoms with Gasteiger partial charge in [0.05, 0.1) is 6.04 Å². The van der Waals surface area contributed by atoms with E-state index < -0.39 is 11.6 Å². The maximum atomic E-state index is 12.1. The van der Waals surface area contributed by atoms with Crippen molar-refractivity contribution in [2.45, 2.75) is 46.3 Å². The molecule has 0 aromatic rings. The first-order valence-electron chi connectivity index (χ1n) is 7.14. The van der Waals surface area contributed by atoms with E-state index >= 15 is 0 Å². The van der Waals surface area contributed by atoms with E-state index in [-0.39, 0.29) is 17.9 Å². The zero-order valence-corrected chi connectivity index (χ0v) is 13.2. The number of carbonyl (C=O) groups excluding carboxylic acids is 2. The molecule has 1 rings (SSSR count). The van der Waals surface area contributed by atoms with Crippen LogP contribution in [0.3, 0.4) is 0 Å². The molecule has 6 heteroatoms. The van der Waals surface area contributed by atoms with Crippen molar-refractivity contribution in [1.29, 1.82) is 0 Å². The van der Waals surface area contributed by atoms with E-state index in [9.17, 15) is 9.59 Å². The zero-order chi connectivity index (χ0) is 15.5. The van der Waals surface area contributed by atoms with Crippen LogP contribution in [0.1, 0.15) is 34.6 Å². The molecule has 20 heavy (non-hydrogen) atoms. The topological polar surface area (TPSA) is 75.9 Å². The number of carbonyl (C=O) groups is 2. The lowest BCUT2D eigenvalue weighted by molar-refractivity contribution is -0.135. The molecule has 1 atom stereocenters. The molecule has 1 aliphatic heterocycles.